The van der Waals surface area contributed by atoms with E-state index in [1.165, 1.54) is 6.08 Å². The lowest BCUT2D eigenvalue weighted by Gasteiger charge is -2.13. The molecule has 0 aromatic carbocycles. The fourth-order valence-electron chi connectivity index (χ4n) is 1.91. The molecule has 1 aromatic heterocycles. The zero-order chi connectivity index (χ0) is 13.7. The number of hydrogen-bond donors (Lipinski definition) is 1. The van der Waals surface area contributed by atoms with E-state index in [1.54, 1.807) is 6.07 Å². The molecule has 1 unspecified atom stereocenters. The van der Waals surface area contributed by atoms with Gasteiger partial charge < -0.3 is 14.6 Å². The highest BCUT2D eigenvalue weighted by Gasteiger charge is 2.16. The van der Waals surface area contributed by atoms with Crippen molar-refractivity contribution >= 4 is 12.0 Å². The van der Waals surface area contributed by atoms with Crippen LogP contribution in [0.5, 0.6) is 5.75 Å². The van der Waals surface area contributed by atoms with Gasteiger partial charge in [0.25, 0.3) is 0 Å². The summed E-state index contributed by atoms with van der Waals surface area (Å²) in [7, 11) is 0. The Hall–Kier alpha value is -1.88. The Balaban J connectivity index is 2.07. The molecule has 5 heteroatoms. The first-order valence-electron chi connectivity index (χ1n) is 6.28. The van der Waals surface area contributed by atoms with E-state index in [0.29, 0.717) is 18.1 Å². The maximum Gasteiger partial charge on any atom is 0.328 e. The second-order valence-corrected chi connectivity index (χ2v) is 4.45. The quantitative estimate of drug-likeness (QED) is 0.823. The third-order valence-corrected chi connectivity index (χ3v) is 2.86. The maximum atomic E-state index is 10.6. The first kappa shape index (κ1) is 13.5. The second-order valence-electron chi connectivity index (χ2n) is 4.45. The third kappa shape index (κ3) is 4.06. The first-order chi connectivity index (χ1) is 9.15. The fraction of sp³-hybridized carbons (Fsp3) is 0.429. The highest BCUT2D eigenvalue weighted by Crippen LogP contribution is 2.20. The molecule has 5 nitrogen and oxygen atoms in total. The molecule has 0 saturated carbocycles. The van der Waals surface area contributed by atoms with Gasteiger partial charge in [-0.1, -0.05) is 0 Å². The van der Waals surface area contributed by atoms with Gasteiger partial charge in [-0.2, -0.15) is 0 Å². The average molecular weight is 263 g/mol. The van der Waals surface area contributed by atoms with Gasteiger partial charge in [-0.25, -0.2) is 9.78 Å². The molecule has 1 aromatic rings. The van der Waals surface area contributed by atoms with Crippen LogP contribution in [-0.4, -0.2) is 35.4 Å². The van der Waals surface area contributed by atoms with Crippen molar-refractivity contribution in [3.8, 4) is 5.75 Å². The SMILES string of the molecule is Cc1ccc(OCC2CCCO2)c(C=CC(=O)O)n1. The molecule has 1 aliphatic rings. The van der Waals surface area contributed by atoms with E-state index in [1.807, 2.05) is 13.0 Å². The van der Waals surface area contributed by atoms with Crippen molar-refractivity contribution in [1.82, 2.24) is 4.98 Å². The molecule has 1 fully saturated rings. The normalized spacial score (nSPS) is 18.9. The summed E-state index contributed by atoms with van der Waals surface area (Å²) in [5.41, 5.74) is 1.34. The summed E-state index contributed by atoms with van der Waals surface area (Å²) in [6, 6.07) is 3.64. The fourth-order valence-corrected chi connectivity index (χ4v) is 1.91. The van der Waals surface area contributed by atoms with Gasteiger partial charge in [0.1, 0.15) is 18.1 Å². The van der Waals surface area contributed by atoms with Crippen LogP contribution in [0.25, 0.3) is 6.08 Å². The Bertz CT molecular complexity index is 478. The predicted molar refractivity (Wildman–Crippen MR) is 70.1 cm³/mol. The molecule has 0 radical (unpaired) electrons. The number of carboxylic acid groups (broad SMARTS) is 1. The van der Waals surface area contributed by atoms with Crippen LogP contribution in [0.1, 0.15) is 24.2 Å². The van der Waals surface area contributed by atoms with Gasteiger partial charge in [-0.15, -0.1) is 0 Å². The number of aromatic nitrogens is 1. The summed E-state index contributed by atoms with van der Waals surface area (Å²) < 4.78 is 11.2. The molecule has 1 aliphatic heterocycles. The van der Waals surface area contributed by atoms with Crippen molar-refractivity contribution in [2.45, 2.75) is 25.9 Å². The molecule has 1 saturated heterocycles. The molecule has 102 valence electrons. The van der Waals surface area contributed by atoms with Crippen LogP contribution >= 0.6 is 0 Å². The van der Waals surface area contributed by atoms with Gasteiger partial charge >= 0.3 is 5.97 Å². The van der Waals surface area contributed by atoms with E-state index < -0.39 is 5.97 Å². The summed E-state index contributed by atoms with van der Waals surface area (Å²) in [6.07, 6.45) is 4.68. The summed E-state index contributed by atoms with van der Waals surface area (Å²) in [4.78, 5) is 14.8. The number of rotatable bonds is 5. The number of carbonyl (C=O) groups is 1. The summed E-state index contributed by atoms with van der Waals surface area (Å²) in [5.74, 6) is -0.424. The Labute approximate surface area is 111 Å². The summed E-state index contributed by atoms with van der Waals surface area (Å²) in [5, 5.41) is 8.66. The highest BCUT2D eigenvalue weighted by atomic mass is 16.5. The van der Waals surface area contributed by atoms with Crippen LogP contribution in [0, 0.1) is 6.92 Å². The van der Waals surface area contributed by atoms with Gasteiger partial charge in [0, 0.05) is 18.4 Å². The number of hydrogen-bond acceptors (Lipinski definition) is 4. The van der Waals surface area contributed by atoms with Gasteiger partial charge in [-0.05, 0) is 38.0 Å². The maximum absolute atomic E-state index is 10.6. The van der Waals surface area contributed by atoms with Gasteiger partial charge in [0.2, 0.25) is 0 Å². The van der Waals surface area contributed by atoms with Crippen LogP contribution in [-0.2, 0) is 9.53 Å². The lowest BCUT2D eigenvalue weighted by atomic mass is 10.2. The molecule has 0 spiro atoms. The lowest BCUT2D eigenvalue weighted by Crippen LogP contribution is -2.16. The van der Waals surface area contributed by atoms with Gasteiger partial charge in [-0.3, -0.25) is 0 Å². The van der Waals surface area contributed by atoms with E-state index in [0.717, 1.165) is 31.2 Å². The number of carboxylic acids is 1. The largest absolute Gasteiger partial charge is 0.489 e. The molecule has 1 N–H and O–H groups in total. The first-order valence-corrected chi connectivity index (χ1v) is 6.28. The molecule has 0 bridgehead atoms. The van der Waals surface area contributed by atoms with E-state index in [2.05, 4.69) is 4.98 Å². The Morgan fingerprint density at radius 1 is 1.63 bits per heavy atom. The Morgan fingerprint density at radius 3 is 3.16 bits per heavy atom. The lowest BCUT2D eigenvalue weighted by molar-refractivity contribution is -0.131. The minimum atomic E-state index is -1.01. The summed E-state index contributed by atoms with van der Waals surface area (Å²) >= 11 is 0. The standard InChI is InChI=1S/C14H17NO4/c1-10-4-6-13(12(15-10)5-7-14(16)17)19-9-11-3-2-8-18-11/h4-7,11H,2-3,8-9H2,1H3,(H,16,17). The van der Waals surface area contributed by atoms with E-state index in [-0.39, 0.29) is 6.10 Å². The predicted octanol–water partition coefficient (Wildman–Crippen LogP) is 2.05. The van der Waals surface area contributed by atoms with Crippen molar-refractivity contribution in [2.75, 3.05) is 13.2 Å². The summed E-state index contributed by atoms with van der Waals surface area (Å²) in [6.45, 7) is 3.10. The number of ether oxygens (including phenoxy) is 2. The molecule has 0 amide bonds. The monoisotopic (exact) mass is 263 g/mol. The number of nitrogens with zero attached hydrogens (tertiary/aromatic N) is 1. The molecule has 1 atom stereocenters. The zero-order valence-electron chi connectivity index (χ0n) is 10.8. The Morgan fingerprint density at radius 2 is 2.47 bits per heavy atom. The molecule has 2 heterocycles. The number of aliphatic carboxylic acids is 1. The van der Waals surface area contributed by atoms with Crippen LogP contribution in [0.2, 0.25) is 0 Å². The van der Waals surface area contributed by atoms with E-state index in [4.69, 9.17) is 14.6 Å². The van der Waals surface area contributed by atoms with Crippen LogP contribution in [0.15, 0.2) is 18.2 Å². The molecule has 2 rings (SSSR count). The van der Waals surface area contributed by atoms with E-state index >= 15 is 0 Å². The van der Waals surface area contributed by atoms with Crippen molar-refractivity contribution in [1.29, 1.82) is 0 Å². The minimum absolute atomic E-state index is 0.123. The van der Waals surface area contributed by atoms with Crippen LogP contribution < -0.4 is 4.74 Å². The topological polar surface area (TPSA) is 68.7 Å². The molecule has 0 aliphatic carbocycles. The number of aryl methyl sites for hydroxylation is 1. The van der Waals surface area contributed by atoms with Crippen molar-refractivity contribution in [3.05, 3.63) is 29.6 Å². The molecular formula is C14H17NO4. The van der Waals surface area contributed by atoms with Crippen LogP contribution in [0.4, 0.5) is 0 Å². The molecule has 19 heavy (non-hydrogen) atoms. The number of pyridine rings is 1. The van der Waals surface area contributed by atoms with Crippen molar-refractivity contribution in [2.24, 2.45) is 0 Å². The van der Waals surface area contributed by atoms with Crippen molar-refractivity contribution < 1.29 is 19.4 Å². The minimum Gasteiger partial charge on any atom is -0.489 e. The van der Waals surface area contributed by atoms with Gasteiger partial charge in [0.05, 0.1) is 6.10 Å². The highest BCUT2D eigenvalue weighted by molar-refractivity contribution is 5.85. The Kier molecular flexibility index (Phi) is 4.52. The zero-order valence-corrected chi connectivity index (χ0v) is 10.8. The smallest absolute Gasteiger partial charge is 0.328 e. The average Bonchev–Trinajstić information content (AvgIpc) is 2.88. The van der Waals surface area contributed by atoms with E-state index in [9.17, 15) is 4.79 Å². The third-order valence-electron chi connectivity index (χ3n) is 2.86. The second kappa shape index (κ2) is 6.33. The molecular weight excluding hydrogens is 246 g/mol. The van der Waals surface area contributed by atoms with Crippen molar-refractivity contribution in [3.63, 3.8) is 0 Å². The van der Waals surface area contributed by atoms with Crippen LogP contribution in [0.3, 0.4) is 0 Å². The van der Waals surface area contributed by atoms with Gasteiger partial charge in [0.15, 0.2) is 0 Å².